The molecule has 2 aromatic rings. The Morgan fingerprint density at radius 3 is 2.88 bits per heavy atom. The summed E-state index contributed by atoms with van der Waals surface area (Å²) in [6, 6.07) is 13.8. The molecule has 0 aliphatic carbocycles. The van der Waals surface area contributed by atoms with Gasteiger partial charge in [0.05, 0.1) is 18.8 Å². The number of aliphatic hydroxyl groups is 1. The maximum Gasteiger partial charge on any atom is 0.248 e. The van der Waals surface area contributed by atoms with Crippen molar-refractivity contribution in [1.82, 2.24) is 5.32 Å². The van der Waals surface area contributed by atoms with Crippen molar-refractivity contribution in [2.45, 2.75) is 38.1 Å². The highest BCUT2D eigenvalue weighted by molar-refractivity contribution is 5.83. The Morgan fingerprint density at radius 2 is 2.12 bits per heavy atom. The molecule has 0 saturated carbocycles. The molecule has 0 unspecified atom stereocenters. The van der Waals surface area contributed by atoms with Crippen LogP contribution in [0.4, 0.5) is 0 Å². The number of rotatable bonds is 7. The third-order valence-electron chi connectivity index (χ3n) is 4.55. The van der Waals surface area contributed by atoms with Gasteiger partial charge in [-0.25, -0.2) is 0 Å². The topological polar surface area (TPSA) is 67.8 Å². The minimum atomic E-state index is -0.751. The van der Waals surface area contributed by atoms with E-state index in [2.05, 4.69) is 5.32 Å². The van der Waals surface area contributed by atoms with Crippen LogP contribution in [-0.4, -0.2) is 43.0 Å². The molecule has 0 bridgehead atoms. The summed E-state index contributed by atoms with van der Waals surface area (Å²) >= 11 is 0. The van der Waals surface area contributed by atoms with E-state index in [1.165, 1.54) is 0 Å². The molecule has 3 atom stereocenters. The summed E-state index contributed by atoms with van der Waals surface area (Å²) in [6.45, 7) is 3.08. The first-order chi connectivity index (χ1) is 12.1. The highest BCUT2D eigenvalue weighted by Gasteiger charge is 2.20. The van der Waals surface area contributed by atoms with E-state index in [0.29, 0.717) is 6.61 Å². The number of carbonyl (C=O) groups is 1. The van der Waals surface area contributed by atoms with Crippen molar-refractivity contribution < 1.29 is 19.4 Å². The van der Waals surface area contributed by atoms with Crippen molar-refractivity contribution in [2.75, 3.05) is 19.8 Å². The second kappa shape index (κ2) is 8.43. The van der Waals surface area contributed by atoms with Crippen molar-refractivity contribution in [3.8, 4) is 0 Å². The SMILES string of the molecule is C[C@H](OC[C@@H]1CCCO1)C(=O)NC[C@@H](O)c1ccc2ccccc2c1. The number of hydrogen-bond donors (Lipinski definition) is 2. The first-order valence-corrected chi connectivity index (χ1v) is 8.81. The summed E-state index contributed by atoms with van der Waals surface area (Å²) in [7, 11) is 0. The van der Waals surface area contributed by atoms with Gasteiger partial charge in [-0.05, 0) is 42.2 Å². The summed E-state index contributed by atoms with van der Waals surface area (Å²) in [5, 5.41) is 15.3. The van der Waals surface area contributed by atoms with Crippen molar-refractivity contribution in [3.05, 3.63) is 48.0 Å². The first-order valence-electron chi connectivity index (χ1n) is 8.81. The molecule has 2 N–H and O–H groups in total. The Kier molecular flexibility index (Phi) is 6.02. The monoisotopic (exact) mass is 343 g/mol. The van der Waals surface area contributed by atoms with Gasteiger partial charge < -0.3 is 19.9 Å². The highest BCUT2D eigenvalue weighted by Crippen LogP contribution is 2.20. The van der Waals surface area contributed by atoms with E-state index >= 15 is 0 Å². The van der Waals surface area contributed by atoms with E-state index < -0.39 is 12.2 Å². The summed E-state index contributed by atoms with van der Waals surface area (Å²) in [5.74, 6) is -0.224. The predicted molar refractivity (Wildman–Crippen MR) is 96.3 cm³/mol. The normalized spacial score (nSPS) is 19.7. The molecule has 1 fully saturated rings. The van der Waals surface area contributed by atoms with Crippen LogP contribution in [0.3, 0.4) is 0 Å². The number of carbonyl (C=O) groups excluding carboxylic acids is 1. The van der Waals surface area contributed by atoms with E-state index in [4.69, 9.17) is 9.47 Å². The lowest BCUT2D eigenvalue weighted by molar-refractivity contribution is -0.134. The van der Waals surface area contributed by atoms with Crippen molar-refractivity contribution in [1.29, 1.82) is 0 Å². The zero-order valence-electron chi connectivity index (χ0n) is 14.5. The van der Waals surface area contributed by atoms with Gasteiger partial charge in [-0.1, -0.05) is 36.4 Å². The summed E-state index contributed by atoms with van der Waals surface area (Å²) in [6.07, 6.45) is 0.812. The van der Waals surface area contributed by atoms with Crippen LogP contribution in [0.1, 0.15) is 31.4 Å². The van der Waals surface area contributed by atoms with Gasteiger partial charge in [-0.3, -0.25) is 4.79 Å². The average Bonchev–Trinajstić information content (AvgIpc) is 3.17. The number of amides is 1. The summed E-state index contributed by atoms with van der Waals surface area (Å²) < 4.78 is 11.0. The largest absolute Gasteiger partial charge is 0.387 e. The molecule has 5 nitrogen and oxygen atoms in total. The highest BCUT2D eigenvalue weighted by atomic mass is 16.5. The van der Waals surface area contributed by atoms with Crippen molar-refractivity contribution in [2.24, 2.45) is 0 Å². The molecule has 25 heavy (non-hydrogen) atoms. The number of benzene rings is 2. The standard InChI is InChI=1S/C20H25NO4/c1-14(25-13-18-7-4-10-24-18)20(23)21-12-19(22)17-9-8-15-5-2-3-6-16(15)11-17/h2-3,5-6,8-9,11,14,18-19,22H,4,7,10,12-13H2,1H3,(H,21,23)/t14-,18-,19+/m0/s1. The third-order valence-corrected chi connectivity index (χ3v) is 4.55. The predicted octanol–water partition coefficient (Wildman–Crippen LogP) is 2.57. The second-order valence-electron chi connectivity index (χ2n) is 6.48. The van der Waals surface area contributed by atoms with E-state index in [1.54, 1.807) is 6.92 Å². The van der Waals surface area contributed by atoms with E-state index in [9.17, 15) is 9.90 Å². The van der Waals surface area contributed by atoms with E-state index in [1.807, 2.05) is 42.5 Å². The van der Waals surface area contributed by atoms with Gasteiger partial charge >= 0.3 is 0 Å². The molecular formula is C20H25NO4. The molecule has 1 aliphatic rings. The van der Waals surface area contributed by atoms with Crippen LogP contribution in [0.5, 0.6) is 0 Å². The number of hydrogen-bond acceptors (Lipinski definition) is 4. The van der Waals surface area contributed by atoms with Gasteiger partial charge in [0.15, 0.2) is 0 Å². The molecule has 5 heteroatoms. The molecule has 2 aromatic carbocycles. The van der Waals surface area contributed by atoms with Gasteiger partial charge in [0, 0.05) is 13.2 Å². The Bertz CT molecular complexity index is 712. The van der Waals surface area contributed by atoms with Crippen LogP contribution in [0, 0.1) is 0 Å². The number of aliphatic hydroxyl groups excluding tert-OH is 1. The van der Waals surface area contributed by atoms with Crippen molar-refractivity contribution >= 4 is 16.7 Å². The zero-order valence-corrected chi connectivity index (χ0v) is 14.5. The Morgan fingerprint density at radius 1 is 1.32 bits per heavy atom. The lowest BCUT2D eigenvalue weighted by Crippen LogP contribution is -2.38. The zero-order chi connectivity index (χ0) is 17.6. The van der Waals surface area contributed by atoms with Crippen molar-refractivity contribution in [3.63, 3.8) is 0 Å². The fourth-order valence-electron chi connectivity index (χ4n) is 2.98. The Balaban J connectivity index is 1.48. The molecule has 0 radical (unpaired) electrons. The molecule has 0 aromatic heterocycles. The molecule has 1 aliphatic heterocycles. The van der Waals surface area contributed by atoms with Crippen LogP contribution < -0.4 is 5.32 Å². The van der Waals surface area contributed by atoms with Crippen LogP contribution in [0.15, 0.2) is 42.5 Å². The quantitative estimate of drug-likeness (QED) is 0.811. The summed E-state index contributed by atoms with van der Waals surface area (Å²) in [4.78, 5) is 12.1. The Hall–Kier alpha value is -1.95. The smallest absolute Gasteiger partial charge is 0.248 e. The molecular weight excluding hydrogens is 318 g/mol. The van der Waals surface area contributed by atoms with Crippen LogP contribution in [0.2, 0.25) is 0 Å². The maximum absolute atomic E-state index is 12.1. The van der Waals surface area contributed by atoms with Crippen LogP contribution in [-0.2, 0) is 14.3 Å². The molecule has 1 amide bonds. The molecule has 3 rings (SSSR count). The van der Waals surface area contributed by atoms with Gasteiger partial charge in [-0.15, -0.1) is 0 Å². The minimum Gasteiger partial charge on any atom is -0.387 e. The fourth-order valence-corrected chi connectivity index (χ4v) is 2.98. The lowest BCUT2D eigenvalue weighted by atomic mass is 10.0. The Labute approximate surface area is 147 Å². The van der Waals surface area contributed by atoms with Crippen LogP contribution >= 0.6 is 0 Å². The minimum absolute atomic E-state index is 0.0958. The first kappa shape index (κ1) is 17.9. The second-order valence-corrected chi connectivity index (χ2v) is 6.48. The fraction of sp³-hybridized carbons (Fsp3) is 0.450. The van der Waals surface area contributed by atoms with E-state index in [0.717, 1.165) is 35.8 Å². The van der Waals surface area contributed by atoms with Crippen LogP contribution in [0.25, 0.3) is 10.8 Å². The van der Waals surface area contributed by atoms with Gasteiger partial charge in [-0.2, -0.15) is 0 Å². The number of nitrogens with one attached hydrogen (secondary N) is 1. The van der Waals surface area contributed by atoms with Gasteiger partial charge in [0.25, 0.3) is 0 Å². The van der Waals surface area contributed by atoms with Gasteiger partial charge in [0.2, 0.25) is 5.91 Å². The molecule has 134 valence electrons. The average molecular weight is 343 g/mol. The molecule has 1 saturated heterocycles. The number of fused-ring (bicyclic) bond motifs is 1. The lowest BCUT2D eigenvalue weighted by Gasteiger charge is -2.18. The molecule has 0 spiro atoms. The van der Waals surface area contributed by atoms with Gasteiger partial charge in [0.1, 0.15) is 6.10 Å². The summed E-state index contributed by atoms with van der Waals surface area (Å²) in [5.41, 5.74) is 0.784. The van der Waals surface area contributed by atoms with E-state index in [-0.39, 0.29) is 18.6 Å². The molecule has 1 heterocycles. The number of ether oxygens (including phenoxy) is 2. The third kappa shape index (κ3) is 4.78. The maximum atomic E-state index is 12.1.